The maximum absolute atomic E-state index is 13.0. The third kappa shape index (κ3) is 4.40. The number of hydrogen-bond acceptors (Lipinski definition) is 5. The van der Waals surface area contributed by atoms with Crippen LogP contribution in [0.1, 0.15) is 23.2 Å². The molecule has 2 aliphatic rings. The van der Waals surface area contributed by atoms with Crippen LogP contribution in [0.3, 0.4) is 0 Å². The minimum Gasteiger partial charge on any atom is -0.274 e. The van der Waals surface area contributed by atoms with Gasteiger partial charge in [-0.1, -0.05) is 54.1 Å². The minimum absolute atomic E-state index is 0.311. The van der Waals surface area contributed by atoms with Crippen molar-refractivity contribution < 1.29 is 19.2 Å². The number of amides is 4. The Kier molecular flexibility index (Phi) is 6.05. The number of nitrogens with zero attached hydrogens (tertiary/aromatic N) is 2. The molecular weight excluding hydrogens is 468 g/mol. The number of halogens is 1. The van der Waals surface area contributed by atoms with Crippen molar-refractivity contribution in [3.63, 3.8) is 0 Å². The van der Waals surface area contributed by atoms with Crippen molar-refractivity contribution in [3.8, 4) is 11.3 Å². The van der Waals surface area contributed by atoms with E-state index in [2.05, 4.69) is 15.8 Å². The van der Waals surface area contributed by atoms with E-state index in [1.54, 1.807) is 48.5 Å². The molecular formula is C26H21ClN4O4. The maximum Gasteiger partial charge on any atom is 0.270 e. The van der Waals surface area contributed by atoms with Gasteiger partial charge >= 0.3 is 0 Å². The number of hydrogen-bond donors (Lipinski definition) is 2. The molecule has 9 heteroatoms. The topological polar surface area (TPSA) is 108 Å². The summed E-state index contributed by atoms with van der Waals surface area (Å²) >= 11 is 5.99. The predicted octanol–water partition coefficient (Wildman–Crippen LogP) is 3.27. The Morgan fingerprint density at radius 2 is 1.60 bits per heavy atom. The molecule has 0 saturated carbocycles. The first kappa shape index (κ1) is 22.7. The Bertz CT molecular complexity index is 1360. The van der Waals surface area contributed by atoms with E-state index in [9.17, 15) is 19.2 Å². The first-order valence-electron chi connectivity index (χ1n) is 11.2. The Morgan fingerprint density at radius 1 is 0.943 bits per heavy atom. The van der Waals surface area contributed by atoms with Gasteiger partial charge in [0.25, 0.3) is 11.8 Å². The first-order valence-corrected chi connectivity index (χ1v) is 11.6. The fraction of sp³-hybridized carbons (Fsp3) is 0.192. The zero-order valence-corrected chi connectivity index (χ0v) is 19.3. The van der Waals surface area contributed by atoms with Crippen molar-refractivity contribution in [1.82, 2.24) is 20.7 Å². The highest BCUT2D eigenvalue weighted by atomic mass is 35.5. The number of allylic oxidation sites excluding steroid dienone is 2. The average molecular weight is 489 g/mol. The second-order valence-corrected chi connectivity index (χ2v) is 8.94. The molecule has 2 atom stereocenters. The van der Waals surface area contributed by atoms with Crippen molar-refractivity contribution in [2.75, 3.05) is 6.54 Å². The van der Waals surface area contributed by atoms with Crippen LogP contribution in [0, 0.1) is 11.8 Å². The van der Waals surface area contributed by atoms with E-state index in [-0.39, 0.29) is 11.8 Å². The molecule has 1 aliphatic heterocycles. The van der Waals surface area contributed by atoms with Crippen molar-refractivity contribution >= 4 is 46.1 Å². The van der Waals surface area contributed by atoms with Crippen LogP contribution < -0.4 is 10.9 Å². The molecule has 1 fully saturated rings. The van der Waals surface area contributed by atoms with Crippen molar-refractivity contribution in [3.05, 3.63) is 77.3 Å². The van der Waals surface area contributed by atoms with Gasteiger partial charge in [-0.05, 0) is 37.1 Å². The SMILES string of the molecule is O=C(CN1C(=O)C2CC=CCC2C1=O)NNC(=O)c1cc(-c2ccc(Cl)cc2)nc2ccccc12. The van der Waals surface area contributed by atoms with Crippen LogP contribution in [-0.2, 0) is 14.4 Å². The number of carbonyl (C=O) groups is 4. The van der Waals surface area contributed by atoms with E-state index in [4.69, 9.17) is 11.6 Å². The lowest BCUT2D eigenvalue weighted by Gasteiger charge is -2.15. The van der Waals surface area contributed by atoms with E-state index in [0.717, 1.165) is 10.5 Å². The second kappa shape index (κ2) is 9.31. The van der Waals surface area contributed by atoms with Crippen LogP contribution in [0.2, 0.25) is 5.02 Å². The van der Waals surface area contributed by atoms with Crippen molar-refractivity contribution in [2.24, 2.45) is 11.8 Å². The van der Waals surface area contributed by atoms with Crippen LogP contribution >= 0.6 is 11.6 Å². The number of rotatable bonds is 4. The van der Waals surface area contributed by atoms with Gasteiger partial charge in [-0.2, -0.15) is 0 Å². The third-order valence-corrected chi connectivity index (χ3v) is 6.57. The number of imide groups is 1. The summed E-state index contributed by atoms with van der Waals surface area (Å²) in [5, 5.41) is 1.19. The molecule has 0 spiro atoms. The average Bonchev–Trinajstić information content (AvgIpc) is 3.12. The molecule has 1 saturated heterocycles. The van der Waals surface area contributed by atoms with Gasteiger partial charge in [-0.3, -0.25) is 34.9 Å². The van der Waals surface area contributed by atoms with Crippen LogP contribution in [0.25, 0.3) is 22.2 Å². The number of carbonyl (C=O) groups excluding carboxylic acids is 4. The van der Waals surface area contributed by atoms with Gasteiger partial charge in [0.2, 0.25) is 11.8 Å². The summed E-state index contributed by atoms with van der Waals surface area (Å²) in [6.45, 7) is -0.446. The first-order chi connectivity index (χ1) is 16.9. The summed E-state index contributed by atoms with van der Waals surface area (Å²) in [4.78, 5) is 56.3. The van der Waals surface area contributed by atoms with Crippen LogP contribution in [0.15, 0.2) is 66.7 Å². The number of para-hydroxylation sites is 1. The van der Waals surface area contributed by atoms with Crippen LogP contribution in [0.5, 0.6) is 0 Å². The smallest absolute Gasteiger partial charge is 0.270 e. The van der Waals surface area contributed by atoms with Gasteiger partial charge in [-0.25, -0.2) is 4.98 Å². The number of fused-ring (bicyclic) bond motifs is 2. The summed E-state index contributed by atoms with van der Waals surface area (Å²) in [6, 6.07) is 15.9. The molecule has 0 bridgehead atoms. The molecule has 2 aromatic carbocycles. The molecule has 4 amide bonds. The lowest BCUT2D eigenvalue weighted by Crippen LogP contribution is -2.48. The molecule has 0 radical (unpaired) electrons. The number of hydrazine groups is 1. The van der Waals surface area contributed by atoms with Crippen molar-refractivity contribution in [1.29, 1.82) is 0 Å². The van der Waals surface area contributed by atoms with Gasteiger partial charge < -0.3 is 0 Å². The lowest BCUT2D eigenvalue weighted by molar-refractivity contribution is -0.143. The summed E-state index contributed by atoms with van der Waals surface area (Å²) in [6.07, 6.45) is 4.76. The largest absolute Gasteiger partial charge is 0.274 e. The highest BCUT2D eigenvalue weighted by Gasteiger charge is 2.47. The Hall–Kier alpha value is -4.04. The molecule has 1 aromatic heterocycles. The summed E-state index contributed by atoms with van der Waals surface area (Å²) in [7, 11) is 0. The molecule has 8 nitrogen and oxygen atoms in total. The zero-order valence-electron chi connectivity index (χ0n) is 18.5. The monoisotopic (exact) mass is 488 g/mol. The summed E-state index contributed by atoms with van der Waals surface area (Å²) in [5.74, 6) is -2.74. The number of aromatic nitrogens is 1. The highest BCUT2D eigenvalue weighted by Crippen LogP contribution is 2.34. The highest BCUT2D eigenvalue weighted by molar-refractivity contribution is 6.30. The summed E-state index contributed by atoms with van der Waals surface area (Å²) in [5.41, 5.74) is 6.99. The summed E-state index contributed by atoms with van der Waals surface area (Å²) < 4.78 is 0. The maximum atomic E-state index is 13.0. The van der Waals surface area contributed by atoms with Gasteiger partial charge in [0.1, 0.15) is 6.54 Å². The van der Waals surface area contributed by atoms with Gasteiger partial charge in [0.15, 0.2) is 0 Å². The second-order valence-electron chi connectivity index (χ2n) is 8.50. The molecule has 2 heterocycles. The molecule has 2 N–H and O–H groups in total. The van der Waals surface area contributed by atoms with E-state index >= 15 is 0 Å². The van der Waals surface area contributed by atoms with Crippen LogP contribution in [-0.4, -0.2) is 40.1 Å². The standard InChI is InChI=1S/C26H21ClN4O4/c27-16-11-9-15(10-12-16)22-13-20(17-5-3-4-8-21(17)28-22)24(33)30-29-23(32)14-31-25(34)18-6-1-2-7-19(18)26(31)35/h1-5,8-13,18-19H,6-7,14H2,(H,29,32)(H,30,33). The lowest BCUT2D eigenvalue weighted by atomic mass is 9.85. The quantitative estimate of drug-likeness (QED) is 0.333. The Balaban J connectivity index is 1.31. The fourth-order valence-electron chi connectivity index (χ4n) is 4.53. The van der Waals surface area contributed by atoms with Crippen molar-refractivity contribution in [2.45, 2.75) is 12.8 Å². The number of benzene rings is 2. The van der Waals surface area contributed by atoms with E-state index < -0.39 is 30.2 Å². The Labute approximate surface area is 205 Å². The van der Waals surface area contributed by atoms with Gasteiger partial charge in [0.05, 0.1) is 28.6 Å². The predicted molar refractivity (Wildman–Crippen MR) is 130 cm³/mol. The fourth-order valence-corrected chi connectivity index (χ4v) is 4.66. The molecule has 2 unspecified atom stereocenters. The van der Waals surface area contributed by atoms with E-state index in [1.807, 2.05) is 18.2 Å². The molecule has 5 rings (SSSR count). The number of likely N-dealkylation sites (tertiary alicyclic amines) is 1. The molecule has 3 aromatic rings. The molecule has 1 aliphatic carbocycles. The molecule has 35 heavy (non-hydrogen) atoms. The van der Waals surface area contributed by atoms with Crippen LogP contribution in [0.4, 0.5) is 0 Å². The molecule has 176 valence electrons. The minimum atomic E-state index is -0.664. The number of nitrogens with one attached hydrogen (secondary N) is 2. The number of pyridine rings is 1. The Morgan fingerprint density at radius 3 is 2.29 bits per heavy atom. The van der Waals surface area contributed by atoms with Gasteiger partial charge in [0, 0.05) is 16.0 Å². The van der Waals surface area contributed by atoms with E-state index in [0.29, 0.717) is 40.0 Å². The third-order valence-electron chi connectivity index (χ3n) is 6.32. The van der Waals surface area contributed by atoms with E-state index in [1.165, 1.54) is 0 Å². The zero-order chi connectivity index (χ0) is 24.5. The van der Waals surface area contributed by atoms with Gasteiger partial charge in [-0.15, -0.1) is 0 Å². The normalized spacial score (nSPS) is 19.1.